The van der Waals surface area contributed by atoms with Gasteiger partial charge < -0.3 is 5.32 Å². The van der Waals surface area contributed by atoms with E-state index in [9.17, 15) is 14.9 Å². The van der Waals surface area contributed by atoms with Crippen LogP contribution >= 0.6 is 11.3 Å². The number of oxime groups is 1. The van der Waals surface area contributed by atoms with Crippen LogP contribution < -0.4 is 5.32 Å². The van der Waals surface area contributed by atoms with Crippen LogP contribution in [0.25, 0.3) is 0 Å². The topological polar surface area (TPSA) is 93.8 Å². The average molecular weight is 257 g/mol. The SMILES string of the molecule is CCCNC(=O)ON=Cc1csc([N+](=O)[O-])c1. The van der Waals surface area contributed by atoms with Gasteiger partial charge in [-0.1, -0.05) is 23.4 Å². The second-order valence-corrected chi connectivity index (χ2v) is 3.91. The van der Waals surface area contributed by atoms with Crippen molar-refractivity contribution in [2.24, 2.45) is 5.16 Å². The van der Waals surface area contributed by atoms with E-state index in [-0.39, 0.29) is 5.00 Å². The second-order valence-electron chi connectivity index (χ2n) is 3.02. The Morgan fingerprint density at radius 2 is 2.53 bits per heavy atom. The van der Waals surface area contributed by atoms with Gasteiger partial charge in [0, 0.05) is 23.6 Å². The number of nitrogens with zero attached hydrogens (tertiary/aromatic N) is 2. The number of hydrogen-bond donors (Lipinski definition) is 1. The minimum atomic E-state index is -0.646. The maximum atomic E-state index is 11.0. The molecule has 17 heavy (non-hydrogen) atoms. The first-order valence-electron chi connectivity index (χ1n) is 4.84. The van der Waals surface area contributed by atoms with Gasteiger partial charge in [0.25, 0.3) is 0 Å². The van der Waals surface area contributed by atoms with E-state index >= 15 is 0 Å². The summed E-state index contributed by atoms with van der Waals surface area (Å²) in [6.45, 7) is 2.42. The molecule has 1 rings (SSSR count). The van der Waals surface area contributed by atoms with Crippen molar-refractivity contribution in [1.82, 2.24) is 5.32 Å². The zero-order valence-electron chi connectivity index (χ0n) is 9.08. The molecule has 0 radical (unpaired) electrons. The molecule has 1 N–H and O–H groups in total. The van der Waals surface area contributed by atoms with Gasteiger partial charge in [-0.2, -0.15) is 0 Å². The van der Waals surface area contributed by atoms with E-state index in [2.05, 4.69) is 15.3 Å². The standard InChI is InChI=1S/C9H11N3O4S/c1-2-3-10-9(13)16-11-5-7-4-8(12(14)15)17-6-7/h4-6H,2-3H2,1H3,(H,10,13). The number of rotatable bonds is 5. The lowest BCUT2D eigenvalue weighted by molar-refractivity contribution is -0.380. The lowest BCUT2D eigenvalue weighted by Gasteiger charge is -1.98. The first-order chi connectivity index (χ1) is 8.13. The first kappa shape index (κ1) is 13.1. The highest BCUT2D eigenvalue weighted by molar-refractivity contribution is 7.13. The predicted molar refractivity (Wildman–Crippen MR) is 63.3 cm³/mol. The summed E-state index contributed by atoms with van der Waals surface area (Å²) in [5, 5.41) is 17.8. The summed E-state index contributed by atoms with van der Waals surface area (Å²) in [5.41, 5.74) is 0.519. The second kappa shape index (κ2) is 6.59. The quantitative estimate of drug-likeness (QED) is 0.378. The third-order valence-corrected chi connectivity index (χ3v) is 2.54. The fourth-order valence-corrected chi connectivity index (χ4v) is 1.57. The van der Waals surface area contributed by atoms with E-state index in [0.717, 1.165) is 17.8 Å². The van der Waals surface area contributed by atoms with Crippen LogP contribution in [0.15, 0.2) is 16.6 Å². The highest BCUT2D eigenvalue weighted by Crippen LogP contribution is 2.21. The molecule has 0 spiro atoms. The molecule has 0 fully saturated rings. The molecule has 1 aromatic heterocycles. The van der Waals surface area contributed by atoms with Crippen molar-refractivity contribution in [3.63, 3.8) is 0 Å². The number of carbonyl (C=O) groups is 1. The highest BCUT2D eigenvalue weighted by Gasteiger charge is 2.08. The van der Waals surface area contributed by atoms with Crippen LogP contribution in [0.4, 0.5) is 9.80 Å². The molecule has 1 aromatic rings. The summed E-state index contributed by atoms with van der Waals surface area (Å²) >= 11 is 0.984. The lowest BCUT2D eigenvalue weighted by atomic mass is 10.4. The fourth-order valence-electron chi connectivity index (χ4n) is 0.897. The molecule has 0 saturated heterocycles. The summed E-state index contributed by atoms with van der Waals surface area (Å²) in [4.78, 5) is 25.3. The van der Waals surface area contributed by atoms with E-state index in [1.54, 1.807) is 5.38 Å². The summed E-state index contributed by atoms with van der Waals surface area (Å²) in [5.74, 6) is 0. The Morgan fingerprint density at radius 1 is 1.76 bits per heavy atom. The van der Waals surface area contributed by atoms with Gasteiger partial charge in [0.05, 0.1) is 11.1 Å². The number of hydrogen-bond acceptors (Lipinski definition) is 6. The molecule has 8 heteroatoms. The van der Waals surface area contributed by atoms with E-state index in [4.69, 9.17) is 0 Å². The molecule has 0 aliphatic rings. The normalized spacial score (nSPS) is 10.4. The van der Waals surface area contributed by atoms with E-state index in [0.29, 0.717) is 12.1 Å². The zero-order chi connectivity index (χ0) is 12.7. The van der Waals surface area contributed by atoms with Crippen molar-refractivity contribution in [1.29, 1.82) is 0 Å². The summed E-state index contributed by atoms with van der Waals surface area (Å²) in [6, 6.07) is 1.35. The largest absolute Gasteiger partial charge is 0.433 e. The van der Waals surface area contributed by atoms with Crippen molar-refractivity contribution in [2.45, 2.75) is 13.3 Å². The Morgan fingerprint density at radius 3 is 3.12 bits per heavy atom. The van der Waals surface area contributed by atoms with Gasteiger partial charge in [0.15, 0.2) is 0 Å². The number of nitrogens with one attached hydrogen (secondary N) is 1. The number of nitro groups is 1. The van der Waals surface area contributed by atoms with E-state index in [1.165, 1.54) is 12.3 Å². The van der Waals surface area contributed by atoms with Gasteiger partial charge in [-0.05, 0) is 6.42 Å². The Labute approximate surface area is 101 Å². The van der Waals surface area contributed by atoms with Crippen LogP contribution in [-0.2, 0) is 4.84 Å². The van der Waals surface area contributed by atoms with E-state index < -0.39 is 11.0 Å². The van der Waals surface area contributed by atoms with Gasteiger partial charge in [0.2, 0.25) is 0 Å². The maximum Gasteiger partial charge on any atom is 0.433 e. The van der Waals surface area contributed by atoms with Crippen LogP contribution in [0.3, 0.4) is 0 Å². The summed E-state index contributed by atoms with van der Waals surface area (Å²) in [6.07, 6.45) is 1.40. The number of thiophene rings is 1. The van der Waals surface area contributed by atoms with Crippen molar-refractivity contribution in [3.05, 3.63) is 27.1 Å². The molecule has 0 unspecified atom stereocenters. The van der Waals surface area contributed by atoms with Gasteiger partial charge in [-0.25, -0.2) is 4.79 Å². The van der Waals surface area contributed by atoms with Crippen molar-refractivity contribution in [2.75, 3.05) is 6.54 Å². The molecule has 0 aliphatic carbocycles. The van der Waals surface area contributed by atoms with Crippen LogP contribution in [0.1, 0.15) is 18.9 Å². The molecular weight excluding hydrogens is 246 g/mol. The first-order valence-corrected chi connectivity index (χ1v) is 5.72. The molecular formula is C9H11N3O4S. The van der Waals surface area contributed by atoms with Crippen LogP contribution in [0.5, 0.6) is 0 Å². The number of amides is 1. The van der Waals surface area contributed by atoms with Gasteiger partial charge in [-0.3, -0.25) is 15.0 Å². The van der Waals surface area contributed by atoms with Crippen LogP contribution in [-0.4, -0.2) is 23.8 Å². The summed E-state index contributed by atoms with van der Waals surface area (Å²) < 4.78 is 0. The molecule has 92 valence electrons. The third-order valence-electron chi connectivity index (χ3n) is 1.64. The Kier molecular flexibility index (Phi) is 5.08. The third kappa shape index (κ3) is 4.60. The molecule has 0 aliphatic heterocycles. The molecule has 0 saturated carbocycles. The molecule has 0 aromatic carbocycles. The molecule has 1 amide bonds. The molecule has 7 nitrogen and oxygen atoms in total. The lowest BCUT2D eigenvalue weighted by Crippen LogP contribution is -2.23. The monoisotopic (exact) mass is 257 g/mol. The minimum Gasteiger partial charge on any atom is -0.320 e. The van der Waals surface area contributed by atoms with Gasteiger partial charge in [0.1, 0.15) is 0 Å². The van der Waals surface area contributed by atoms with Gasteiger partial charge >= 0.3 is 11.1 Å². The van der Waals surface area contributed by atoms with E-state index in [1.807, 2.05) is 6.92 Å². The van der Waals surface area contributed by atoms with Crippen LogP contribution in [0, 0.1) is 10.1 Å². The Hall–Kier alpha value is -1.96. The molecule has 0 atom stereocenters. The fraction of sp³-hybridized carbons (Fsp3) is 0.333. The van der Waals surface area contributed by atoms with Crippen molar-refractivity contribution < 1.29 is 14.6 Å². The summed E-state index contributed by atoms with van der Waals surface area (Å²) in [7, 11) is 0. The van der Waals surface area contributed by atoms with Crippen LogP contribution in [0.2, 0.25) is 0 Å². The zero-order valence-corrected chi connectivity index (χ0v) is 9.90. The predicted octanol–water partition coefficient (Wildman–Crippen LogP) is 2.13. The van der Waals surface area contributed by atoms with Crippen molar-refractivity contribution >= 4 is 28.6 Å². The number of carbonyl (C=O) groups excluding carboxylic acids is 1. The van der Waals surface area contributed by atoms with Crippen molar-refractivity contribution in [3.8, 4) is 0 Å². The highest BCUT2D eigenvalue weighted by atomic mass is 32.1. The molecule has 1 heterocycles. The smallest absolute Gasteiger partial charge is 0.320 e. The molecule has 0 bridgehead atoms. The van der Waals surface area contributed by atoms with Gasteiger partial charge in [-0.15, -0.1) is 0 Å². The Balaban J connectivity index is 2.42. The Bertz CT molecular complexity index is 430. The minimum absolute atomic E-state index is 0.0156. The average Bonchev–Trinajstić information content (AvgIpc) is 2.75. The maximum absolute atomic E-state index is 11.0.